The zero-order valence-corrected chi connectivity index (χ0v) is 17.9. The van der Waals surface area contributed by atoms with Gasteiger partial charge in [-0.1, -0.05) is 19.9 Å². The van der Waals surface area contributed by atoms with Crippen molar-refractivity contribution in [1.82, 2.24) is 19.9 Å². The van der Waals surface area contributed by atoms with Gasteiger partial charge in [-0.15, -0.1) is 22.7 Å². The standard InChI is InChI=1S/C20H23N5OS2/c1-13(2)18-22-14(3)11-17(23-18)24-6-8-25(9-7-24)20(26)16-12-21-19(28-16)15-5-4-10-27-15/h4-5,10-13H,6-9H2,1-3H3. The van der Waals surface area contributed by atoms with E-state index in [-0.39, 0.29) is 5.91 Å². The van der Waals surface area contributed by atoms with Gasteiger partial charge in [-0.3, -0.25) is 4.79 Å². The van der Waals surface area contributed by atoms with Crippen molar-refractivity contribution in [2.75, 3.05) is 31.1 Å². The molecule has 0 aliphatic carbocycles. The average Bonchev–Trinajstić information content (AvgIpc) is 3.38. The third-order valence-electron chi connectivity index (χ3n) is 4.71. The summed E-state index contributed by atoms with van der Waals surface area (Å²) in [5.41, 5.74) is 0.984. The summed E-state index contributed by atoms with van der Waals surface area (Å²) in [6, 6.07) is 6.06. The molecule has 3 aromatic rings. The number of hydrogen-bond acceptors (Lipinski definition) is 7. The molecule has 0 bridgehead atoms. The highest BCUT2D eigenvalue weighted by atomic mass is 32.1. The molecule has 4 rings (SSSR count). The van der Waals surface area contributed by atoms with Gasteiger partial charge in [-0.25, -0.2) is 15.0 Å². The van der Waals surface area contributed by atoms with Crippen molar-refractivity contribution < 1.29 is 4.79 Å². The van der Waals surface area contributed by atoms with E-state index in [1.165, 1.54) is 11.3 Å². The molecule has 146 valence electrons. The van der Waals surface area contributed by atoms with Crippen molar-refractivity contribution in [3.05, 3.63) is 46.2 Å². The van der Waals surface area contributed by atoms with Crippen LogP contribution in [0, 0.1) is 6.92 Å². The van der Waals surface area contributed by atoms with Gasteiger partial charge in [0.15, 0.2) is 0 Å². The van der Waals surface area contributed by atoms with Crippen LogP contribution < -0.4 is 4.90 Å². The molecule has 0 aromatic carbocycles. The number of aryl methyl sites for hydroxylation is 1. The molecule has 8 heteroatoms. The van der Waals surface area contributed by atoms with Gasteiger partial charge in [-0.05, 0) is 18.4 Å². The molecule has 1 aliphatic heterocycles. The predicted octanol–water partition coefficient (Wildman–Crippen LogP) is 4.06. The lowest BCUT2D eigenvalue weighted by atomic mass is 10.2. The van der Waals surface area contributed by atoms with E-state index < -0.39 is 0 Å². The van der Waals surface area contributed by atoms with E-state index in [4.69, 9.17) is 4.98 Å². The quantitative estimate of drug-likeness (QED) is 0.646. The normalized spacial score (nSPS) is 14.7. The molecular weight excluding hydrogens is 390 g/mol. The minimum atomic E-state index is 0.0710. The molecule has 28 heavy (non-hydrogen) atoms. The molecule has 0 saturated carbocycles. The Morgan fingerprint density at radius 2 is 1.96 bits per heavy atom. The molecule has 1 saturated heterocycles. The van der Waals surface area contributed by atoms with Crippen molar-refractivity contribution in [3.63, 3.8) is 0 Å². The van der Waals surface area contributed by atoms with Gasteiger partial charge in [-0.2, -0.15) is 0 Å². The van der Waals surface area contributed by atoms with Crippen molar-refractivity contribution in [2.45, 2.75) is 26.7 Å². The largest absolute Gasteiger partial charge is 0.353 e. The van der Waals surface area contributed by atoms with E-state index >= 15 is 0 Å². The Bertz CT molecular complexity index is 959. The van der Waals surface area contributed by atoms with Crippen LogP contribution in [0.1, 0.15) is 41.0 Å². The minimum Gasteiger partial charge on any atom is -0.353 e. The first-order valence-corrected chi connectivity index (χ1v) is 11.1. The number of hydrogen-bond donors (Lipinski definition) is 0. The van der Waals surface area contributed by atoms with Crippen LogP contribution in [-0.4, -0.2) is 51.9 Å². The van der Waals surface area contributed by atoms with Crippen LogP contribution in [0.2, 0.25) is 0 Å². The Kier molecular flexibility index (Phi) is 5.41. The van der Waals surface area contributed by atoms with Crippen LogP contribution in [0.4, 0.5) is 5.82 Å². The number of aromatic nitrogens is 3. The molecule has 1 amide bonds. The second-order valence-electron chi connectivity index (χ2n) is 7.17. The van der Waals surface area contributed by atoms with Crippen LogP contribution in [0.5, 0.6) is 0 Å². The second-order valence-corrected chi connectivity index (χ2v) is 9.14. The highest BCUT2D eigenvalue weighted by Gasteiger charge is 2.25. The van der Waals surface area contributed by atoms with Crippen LogP contribution in [0.25, 0.3) is 9.88 Å². The lowest BCUT2D eigenvalue weighted by molar-refractivity contribution is 0.0751. The van der Waals surface area contributed by atoms with E-state index in [0.717, 1.165) is 40.3 Å². The number of anilines is 1. The summed E-state index contributed by atoms with van der Waals surface area (Å²) < 4.78 is 0. The van der Waals surface area contributed by atoms with Crippen LogP contribution in [-0.2, 0) is 0 Å². The Labute approximate surface area is 172 Å². The van der Waals surface area contributed by atoms with Crippen molar-refractivity contribution in [1.29, 1.82) is 0 Å². The Hall–Kier alpha value is -2.32. The molecule has 0 unspecified atom stereocenters. The molecule has 0 spiro atoms. The number of rotatable bonds is 4. The SMILES string of the molecule is Cc1cc(N2CCN(C(=O)c3cnc(-c4cccs4)s3)CC2)nc(C(C)C)n1. The molecule has 3 aromatic heterocycles. The second kappa shape index (κ2) is 7.97. The third-order valence-corrected chi connectivity index (χ3v) is 6.74. The number of thiazole rings is 1. The van der Waals surface area contributed by atoms with E-state index in [9.17, 15) is 4.79 Å². The third kappa shape index (κ3) is 3.93. The number of carbonyl (C=O) groups excluding carboxylic acids is 1. The first-order chi connectivity index (χ1) is 13.5. The van der Waals surface area contributed by atoms with Gasteiger partial charge < -0.3 is 9.80 Å². The van der Waals surface area contributed by atoms with E-state index in [1.807, 2.05) is 35.4 Å². The number of carbonyl (C=O) groups is 1. The fraction of sp³-hybridized carbons (Fsp3) is 0.400. The van der Waals surface area contributed by atoms with Gasteiger partial charge in [0.2, 0.25) is 0 Å². The average molecular weight is 414 g/mol. The molecule has 4 heterocycles. The predicted molar refractivity (Wildman–Crippen MR) is 114 cm³/mol. The van der Waals surface area contributed by atoms with Crippen LogP contribution in [0.3, 0.4) is 0 Å². The topological polar surface area (TPSA) is 62.2 Å². The Morgan fingerprint density at radius 3 is 2.64 bits per heavy atom. The van der Waals surface area contributed by atoms with Gasteiger partial charge in [0.05, 0.1) is 11.1 Å². The molecule has 6 nitrogen and oxygen atoms in total. The lowest BCUT2D eigenvalue weighted by Crippen LogP contribution is -2.49. The van der Waals surface area contributed by atoms with Gasteiger partial charge >= 0.3 is 0 Å². The summed E-state index contributed by atoms with van der Waals surface area (Å²) in [7, 11) is 0. The molecule has 0 atom stereocenters. The molecule has 1 fully saturated rings. The Morgan fingerprint density at radius 1 is 1.18 bits per heavy atom. The van der Waals surface area contributed by atoms with Gasteiger partial charge in [0, 0.05) is 43.9 Å². The first kappa shape index (κ1) is 19.0. The minimum absolute atomic E-state index is 0.0710. The van der Waals surface area contributed by atoms with Crippen molar-refractivity contribution in [2.24, 2.45) is 0 Å². The first-order valence-electron chi connectivity index (χ1n) is 9.41. The van der Waals surface area contributed by atoms with Gasteiger partial charge in [0.25, 0.3) is 5.91 Å². The summed E-state index contributed by atoms with van der Waals surface area (Å²) in [6.45, 7) is 9.14. The summed E-state index contributed by atoms with van der Waals surface area (Å²) in [6.07, 6.45) is 1.71. The number of piperazine rings is 1. The maximum atomic E-state index is 12.9. The highest BCUT2D eigenvalue weighted by Crippen LogP contribution is 2.29. The lowest BCUT2D eigenvalue weighted by Gasteiger charge is -2.35. The zero-order valence-electron chi connectivity index (χ0n) is 16.3. The Balaban J connectivity index is 1.42. The zero-order chi connectivity index (χ0) is 19.7. The summed E-state index contributed by atoms with van der Waals surface area (Å²) in [4.78, 5) is 32.5. The maximum absolute atomic E-state index is 12.9. The van der Waals surface area contributed by atoms with E-state index in [2.05, 4.69) is 28.7 Å². The van der Waals surface area contributed by atoms with Gasteiger partial charge in [0.1, 0.15) is 21.5 Å². The van der Waals surface area contributed by atoms with Crippen molar-refractivity contribution >= 4 is 34.4 Å². The fourth-order valence-corrected chi connectivity index (χ4v) is 4.86. The van der Waals surface area contributed by atoms with Crippen LogP contribution in [0.15, 0.2) is 29.8 Å². The number of nitrogens with zero attached hydrogens (tertiary/aromatic N) is 5. The van der Waals surface area contributed by atoms with Crippen LogP contribution >= 0.6 is 22.7 Å². The molecular formula is C20H23N5OS2. The van der Waals surface area contributed by atoms with E-state index in [0.29, 0.717) is 23.9 Å². The smallest absolute Gasteiger partial charge is 0.265 e. The maximum Gasteiger partial charge on any atom is 0.265 e. The highest BCUT2D eigenvalue weighted by molar-refractivity contribution is 7.21. The summed E-state index contributed by atoms with van der Waals surface area (Å²) in [5, 5.41) is 2.94. The number of thiophene rings is 1. The fourth-order valence-electron chi connectivity index (χ4n) is 3.18. The van der Waals surface area contributed by atoms with E-state index in [1.54, 1.807) is 17.5 Å². The number of amides is 1. The molecule has 1 aliphatic rings. The summed E-state index contributed by atoms with van der Waals surface area (Å²) >= 11 is 3.11. The molecule has 0 radical (unpaired) electrons. The monoisotopic (exact) mass is 413 g/mol. The van der Waals surface area contributed by atoms with Crippen molar-refractivity contribution in [3.8, 4) is 9.88 Å². The summed E-state index contributed by atoms with van der Waals surface area (Å²) in [5.74, 6) is 2.20. The molecule has 0 N–H and O–H groups in total.